The highest BCUT2D eigenvalue weighted by atomic mass is 16.6. The summed E-state index contributed by atoms with van der Waals surface area (Å²) in [4.78, 5) is 26.2. The lowest BCUT2D eigenvalue weighted by atomic mass is 10.1. The highest BCUT2D eigenvalue weighted by Gasteiger charge is 2.39. The number of aliphatic hydroxyl groups is 1. The van der Waals surface area contributed by atoms with Crippen LogP contribution in [0.5, 0.6) is 0 Å². The molecule has 0 unspecified atom stereocenters. The van der Waals surface area contributed by atoms with Gasteiger partial charge < -0.3 is 15.2 Å². The second-order valence-corrected chi connectivity index (χ2v) is 6.45. The average molecular weight is 354 g/mol. The molecule has 1 fully saturated rings. The van der Waals surface area contributed by atoms with Crippen LogP contribution >= 0.6 is 0 Å². The van der Waals surface area contributed by atoms with Crippen molar-refractivity contribution in [1.82, 2.24) is 4.90 Å². The van der Waals surface area contributed by atoms with Gasteiger partial charge in [0.1, 0.15) is 12.6 Å². The minimum atomic E-state index is -0.755. The number of rotatable bonds is 4. The molecule has 0 aromatic heterocycles. The Kier molecular flexibility index (Phi) is 5.53. The van der Waals surface area contributed by atoms with Crippen molar-refractivity contribution in [3.63, 3.8) is 0 Å². The number of likely N-dealkylation sites (tertiary alicyclic amines) is 1. The van der Waals surface area contributed by atoms with Crippen LogP contribution in [0.1, 0.15) is 17.5 Å². The van der Waals surface area contributed by atoms with Gasteiger partial charge in [-0.15, -0.1) is 0 Å². The van der Waals surface area contributed by atoms with Crippen LogP contribution in [0.4, 0.5) is 10.5 Å². The van der Waals surface area contributed by atoms with Gasteiger partial charge in [0.15, 0.2) is 0 Å². The van der Waals surface area contributed by atoms with E-state index in [1.165, 1.54) is 4.90 Å². The summed E-state index contributed by atoms with van der Waals surface area (Å²) in [6.45, 7) is 2.17. The minimum absolute atomic E-state index is 0.0829. The number of β-amino-alcohol motifs (C(OH)–C–C–N with tert-alkyl or cyclic N) is 1. The number of aryl methyl sites for hydroxylation is 1. The quantitative estimate of drug-likeness (QED) is 0.885. The summed E-state index contributed by atoms with van der Waals surface area (Å²) in [5, 5.41) is 12.7. The Morgan fingerprint density at radius 1 is 1.15 bits per heavy atom. The fourth-order valence-electron chi connectivity index (χ4n) is 2.93. The predicted molar refractivity (Wildman–Crippen MR) is 97.6 cm³/mol. The summed E-state index contributed by atoms with van der Waals surface area (Å²) in [6.07, 6.45) is -1.15. The maximum atomic E-state index is 12.6. The van der Waals surface area contributed by atoms with Gasteiger partial charge in [-0.05, 0) is 24.6 Å². The van der Waals surface area contributed by atoms with Gasteiger partial charge in [-0.2, -0.15) is 0 Å². The van der Waals surface area contributed by atoms with Crippen molar-refractivity contribution in [2.75, 3.05) is 11.9 Å². The molecule has 6 heteroatoms. The van der Waals surface area contributed by atoms with Gasteiger partial charge in [-0.3, -0.25) is 9.69 Å². The molecule has 1 aliphatic heterocycles. The van der Waals surface area contributed by atoms with Crippen LogP contribution < -0.4 is 5.32 Å². The van der Waals surface area contributed by atoms with Crippen LogP contribution in [-0.4, -0.2) is 40.7 Å². The molecule has 0 saturated carbocycles. The SMILES string of the molecule is Cc1ccc(NC(=O)[C@H]2C[C@H](O)CN2C(=O)OCc2ccccc2)cc1. The highest BCUT2D eigenvalue weighted by molar-refractivity contribution is 5.97. The monoisotopic (exact) mass is 354 g/mol. The first-order valence-electron chi connectivity index (χ1n) is 8.56. The normalized spacial score (nSPS) is 19.2. The van der Waals surface area contributed by atoms with E-state index in [2.05, 4.69) is 5.32 Å². The number of aliphatic hydroxyl groups excluding tert-OH is 1. The van der Waals surface area contributed by atoms with Crippen molar-refractivity contribution in [3.05, 3.63) is 65.7 Å². The van der Waals surface area contributed by atoms with Gasteiger partial charge in [-0.1, -0.05) is 48.0 Å². The van der Waals surface area contributed by atoms with Crippen LogP contribution in [0.2, 0.25) is 0 Å². The third-order valence-electron chi connectivity index (χ3n) is 4.34. The molecule has 26 heavy (non-hydrogen) atoms. The van der Waals surface area contributed by atoms with E-state index in [0.717, 1.165) is 11.1 Å². The summed E-state index contributed by atoms with van der Waals surface area (Å²) >= 11 is 0. The Labute approximate surface area is 152 Å². The highest BCUT2D eigenvalue weighted by Crippen LogP contribution is 2.21. The van der Waals surface area contributed by atoms with Crippen molar-refractivity contribution < 1.29 is 19.4 Å². The first kappa shape index (κ1) is 17.9. The van der Waals surface area contributed by atoms with Gasteiger partial charge in [0.05, 0.1) is 12.6 Å². The van der Waals surface area contributed by atoms with Gasteiger partial charge in [0.2, 0.25) is 5.91 Å². The van der Waals surface area contributed by atoms with E-state index >= 15 is 0 Å². The zero-order valence-corrected chi connectivity index (χ0v) is 14.6. The molecule has 1 saturated heterocycles. The topological polar surface area (TPSA) is 78.9 Å². The van der Waals surface area contributed by atoms with E-state index < -0.39 is 18.2 Å². The Bertz CT molecular complexity index is 761. The lowest BCUT2D eigenvalue weighted by Gasteiger charge is -2.23. The largest absolute Gasteiger partial charge is 0.445 e. The first-order chi connectivity index (χ1) is 12.5. The number of amides is 2. The molecule has 6 nitrogen and oxygen atoms in total. The van der Waals surface area contributed by atoms with Gasteiger partial charge in [0.25, 0.3) is 0 Å². The van der Waals surface area contributed by atoms with Crippen molar-refractivity contribution in [2.45, 2.75) is 32.1 Å². The smallest absolute Gasteiger partial charge is 0.410 e. The summed E-state index contributed by atoms with van der Waals surface area (Å²) in [7, 11) is 0. The van der Waals surface area contributed by atoms with Gasteiger partial charge >= 0.3 is 6.09 Å². The molecule has 3 rings (SSSR count). The maximum Gasteiger partial charge on any atom is 0.410 e. The van der Waals surface area contributed by atoms with Crippen molar-refractivity contribution in [3.8, 4) is 0 Å². The second-order valence-electron chi connectivity index (χ2n) is 6.45. The fourth-order valence-corrected chi connectivity index (χ4v) is 2.93. The van der Waals surface area contributed by atoms with E-state index in [9.17, 15) is 14.7 Å². The molecule has 136 valence electrons. The van der Waals surface area contributed by atoms with E-state index in [-0.39, 0.29) is 25.5 Å². The molecular formula is C20H22N2O4. The number of benzene rings is 2. The molecule has 2 amide bonds. The molecule has 2 aromatic rings. The van der Waals surface area contributed by atoms with Crippen LogP contribution in [-0.2, 0) is 16.1 Å². The molecule has 0 radical (unpaired) electrons. The number of nitrogens with zero attached hydrogens (tertiary/aromatic N) is 1. The second kappa shape index (κ2) is 8.01. The molecule has 1 heterocycles. The fraction of sp³-hybridized carbons (Fsp3) is 0.300. The number of nitrogens with one attached hydrogen (secondary N) is 1. The summed E-state index contributed by atoms with van der Waals surface area (Å²) in [6, 6.07) is 16.0. The van der Waals surface area contributed by atoms with E-state index in [1.807, 2.05) is 49.4 Å². The number of anilines is 1. The van der Waals surface area contributed by atoms with E-state index in [1.54, 1.807) is 12.1 Å². The maximum absolute atomic E-state index is 12.6. The number of ether oxygens (including phenoxy) is 1. The summed E-state index contributed by atoms with van der Waals surface area (Å²) < 4.78 is 5.30. The average Bonchev–Trinajstić information content (AvgIpc) is 3.04. The molecule has 1 aliphatic rings. The van der Waals surface area contributed by atoms with Crippen LogP contribution in [0.15, 0.2) is 54.6 Å². The summed E-state index contributed by atoms with van der Waals surface area (Å²) in [5.41, 5.74) is 2.60. The third-order valence-corrected chi connectivity index (χ3v) is 4.34. The van der Waals surface area contributed by atoms with Crippen molar-refractivity contribution in [2.24, 2.45) is 0 Å². The molecule has 0 aliphatic carbocycles. The summed E-state index contributed by atoms with van der Waals surface area (Å²) in [5.74, 6) is -0.331. The molecule has 2 atom stereocenters. The lowest BCUT2D eigenvalue weighted by Crippen LogP contribution is -2.43. The van der Waals surface area contributed by atoms with E-state index in [0.29, 0.717) is 5.69 Å². The molecule has 0 spiro atoms. The Morgan fingerprint density at radius 2 is 1.85 bits per heavy atom. The Hall–Kier alpha value is -2.86. The van der Waals surface area contributed by atoms with Crippen molar-refractivity contribution in [1.29, 1.82) is 0 Å². The first-order valence-corrected chi connectivity index (χ1v) is 8.56. The zero-order chi connectivity index (χ0) is 18.5. The molecular weight excluding hydrogens is 332 g/mol. The van der Waals surface area contributed by atoms with E-state index in [4.69, 9.17) is 4.74 Å². The third kappa shape index (κ3) is 4.40. The van der Waals surface area contributed by atoms with Crippen LogP contribution in [0.3, 0.4) is 0 Å². The van der Waals surface area contributed by atoms with Crippen LogP contribution in [0, 0.1) is 6.92 Å². The Balaban J connectivity index is 1.62. The molecule has 2 aromatic carbocycles. The lowest BCUT2D eigenvalue weighted by molar-refractivity contribution is -0.120. The zero-order valence-electron chi connectivity index (χ0n) is 14.6. The standard InChI is InChI=1S/C20H22N2O4/c1-14-7-9-16(10-8-14)21-19(24)18-11-17(23)12-22(18)20(25)26-13-15-5-3-2-4-6-15/h2-10,17-18,23H,11-13H2,1H3,(H,21,24)/t17-,18+/m0/s1. The van der Waals surface area contributed by atoms with Crippen molar-refractivity contribution >= 4 is 17.7 Å². The number of hydrogen-bond donors (Lipinski definition) is 2. The van der Waals surface area contributed by atoms with Gasteiger partial charge in [0, 0.05) is 12.1 Å². The minimum Gasteiger partial charge on any atom is -0.445 e. The van der Waals surface area contributed by atoms with Crippen LogP contribution in [0.25, 0.3) is 0 Å². The Morgan fingerprint density at radius 3 is 2.54 bits per heavy atom. The predicted octanol–water partition coefficient (Wildman–Crippen LogP) is 2.71. The number of hydrogen-bond acceptors (Lipinski definition) is 4. The molecule has 2 N–H and O–H groups in total. The number of carbonyl (C=O) groups is 2. The number of carbonyl (C=O) groups excluding carboxylic acids is 2. The van der Waals surface area contributed by atoms with Gasteiger partial charge in [-0.25, -0.2) is 4.79 Å². The molecule has 0 bridgehead atoms.